The van der Waals surface area contributed by atoms with Crippen LogP contribution >= 0.6 is 12.2 Å². The molecule has 0 aliphatic heterocycles. The number of hydrogen-bond donors (Lipinski definition) is 2. The Morgan fingerprint density at radius 1 is 0.857 bits per heavy atom. The highest BCUT2D eigenvalue weighted by molar-refractivity contribution is 7.80. The molecule has 0 amide bonds. The lowest BCUT2D eigenvalue weighted by Gasteiger charge is -2.14. The molecule has 2 N–H and O–H groups in total. The average molecular weight is 501 g/mol. The summed E-state index contributed by atoms with van der Waals surface area (Å²) in [5.74, 6) is 1.78. The molecule has 0 saturated carbocycles. The SMILES string of the molecule is COc1cc2ncnc(Oc3cccc(NC(=S)Nc4cccc(C(F)(F)F)c4)c3)c2cc1OC. The summed E-state index contributed by atoms with van der Waals surface area (Å²) < 4.78 is 55.5. The van der Waals surface area contributed by atoms with Crippen molar-refractivity contribution in [2.24, 2.45) is 0 Å². The molecule has 0 fully saturated rings. The third-order valence-corrected chi connectivity index (χ3v) is 5.06. The lowest BCUT2D eigenvalue weighted by Crippen LogP contribution is -2.19. The van der Waals surface area contributed by atoms with Crippen molar-refractivity contribution in [1.29, 1.82) is 0 Å². The van der Waals surface area contributed by atoms with E-state index >= 15 is 0 Å². The van der Waals surface area contributed by atoms with Gasteiger partial charge in [-0.25, -0.2) is 9.97 Å². The Balaban J connectivity index is 1.51. The van der Waals surface area contributed by atoms with Crippen molar-refractivity contribution in [1.82, 2.24) is 9.97 Å². The zero-order chi connectivity index (χ0) is 25.0. The topological polar surface area (TPSA) is 77.5 Å². The summed E-state index contributed by atoms with van der Waals surface area (Å²) in [5.41, 5.74) is 0.603. The first kappa shape index (κ1) is 24.0. The van der Waals surface area contributed by atoms with E-state index in [1.165, 1.54) is 32.7 Å². The number of alkyl halides is 3. The Morgan fingerprint density at radius 2 is 1.51 bits per heavy atom. The van der Waals surface area contributed by atoms with E-state index in [0.29, 0.717) is 39.7 Å². The summed E-state index contributed by atoms with van der Waals surface area (Å²) in [6, 6.07) is 15.1. The number of benzene rings is 3. The van der Waals surface area contributed by atoms with E-state index < -0.39 is 11.7 Å². The van der Waals surface area contributed by atoms with Crippen molar-refractivity contribution in [3.05, 3.63) is 72.6 Å². The maximum Gasteiger partial charge on any atom is 0.416 e. The molecule has 0 unspecified atom stereocenters. The third kappa shape index (κ3) is 5.69. The van der Waals surface area contributed by atoms with E-state index in [0.717, 1.165) is 12.1 Å². The van der Waals surface area contributed by atoms with Crippen LogP contribution in [0.3, 0.4) is 0 Å². The molecule has 0 radical (unpaired) electrons. The van der Waals surface area contributed by atoms with Crippen molar-refractivity contribution in [2.45, 2.75) is 6.18 Å². The van der Waals surface area contributed by atoms with E-state index in [-0.39, 0.29) is 10.8 Å². The maximum absolute atomic E-state index is 12.9. The highest BCUT2D eigenvalue weighted by Gasteiger charge is 2.30. The smallest absolute Gasteiger partial charge is 0.416 e. The second kappa shape index (κ2) is 10.0. The number of nitrogens with zero attached hydrogens (tertiary/aromatic N) is 2. The molecular formula is C24H19F3N4O3S. The van der Waals surface area contributed by atoms with Gasteiger partial charge in [0.05, 0.1) is 30.7 Å². The molecule has 180 valence electrons. The summed E-state index contributed by atoms with van der Waals surface area (Å²) in [5, 5.41) is 6.42. The minimum absolute atomic E-state index is 0.116. The van der Waals surface area contributed by atoms with Crippen LogP contribution < -0.4 is 24.8 Å². The monoisotopic (exact) mass is 500 g/mol. The lowest BCUT2D eigenvalue weighted by molar-refractivity contribution is -0.137. The molecule has 35 heavy (non-hydrogen) atoms. The largest absolute Gasteiger partial charge is 0.493 e. The molecule has 7 nitrogen and oxygen atoms in total. The molecule has 0 atom stereocenters. The molecule has 4 rings (SSSR count). The molecule has 4 aromatic rings. The quantitative estimate of drug-likeness (QED) is 0.300. The van der Waals surface area contributed by atoms with Gasteiger partial charge in [0.2, 0.25) is 5.88 Å². The number of hydrogen-bond acceptors (Lipinski definition) is 6. The highest BCUT2D eigenvalue weighted by atomic mass is 32.1. The van der Waals surface area contributed by atoms with E-state index in [2.05, 4.69) is 20.6 Å². The molecule has 0 aliphatic carbocycles. The summed E-state index contributed by atoms with van der Waals surface area (Å²) in [4.78, 5) is 8.48. The van der Waals surface area contributed by atoms with Crippen LogP contribution in [0.2, 0.25) is 0 Å². The van der Waals surface area contributed by atoms with Crippen LogP contribution in [0.5, 0.6) is 23.1 Å². The van der Waals surface area contributed by atoms with E-state index in [1.807, 2.05) is 0 Å². The Hall–Kier alpha value is -4.12. The fourth-order valence-corrected chi connectivity index (χ4v) is 3.49. The van der Waals surface area contributed by atoms with Crippen LogP contribution in [0, 0.1) is 0 Å². The number of nitrogens with one attached hydrogen (secondary N) is 2. The van der Waals surface area contributed by atoms with E-state index in [1.54, 1.807) is 36.4 Å². The van der Waals surface area contributed by atoms with Gasteiger partial charge in [-0.05, 0) is 48.6 Å². The van der Waals surface area contributed by atoms with Gasteiger partial charge in [0.1, 0.15) is 12.1 Å². The Kier molecular flexibility index (Phi) is 6.87. The van der Waals surface area contributed by atoms with Crippen molar-refractivity contribution in [3.63, 3.8) is 0 Å². The first-order valence-corrected chi connectivity index (χ1v) is 10.6. The number of aromatic nitrogens is 2. The van der Waals surface area contributed by atoms with Gasteiger partial charge in [-0.15, -0.1) is 0 Å². The molecule has 1 aromatic heterocycles. The van der Waals surface area contributed by atoms with Gasteiger partial charge in [0, 0.05) is 23.5 Å². The summed E-state index contributed by atoms with van der Waals surface area (Å²) in [6.07, 6.45) is -3.07. The molecule has 1 heterocycles. The molecule has 11 heteroatoms. The van der Waals surface area contributed by atoms with Crippen LogP contribution in [0.4, 0.5) is 24.5 Å². The molecule has 0 aliphatic rings. The zero-order valence-electron chi connectivity index (χ0n) is 18.5. The lowest BCUT2D eigenvalue weighted by atomic mass is 10.2. The zero-order valence-corrected chi connectivity index (χ0v) is 19.3. The van der Waals surface area contributed by atoms with Gasteiger partial charge < -0.3 is 24.8 Å². The molecule has 0 saturated heterocycles. The number of methoxy groups -OCH3 is 2. The Bertz CT molecular complexity index is 1380. The van der Waals surface area contributed by atoms with Crippen LogP contribution in [0.1, 0.15) is 5.56 Å². The first-order chi connectivity index (χ1) is 16.8. The number of halogens is 3. The summed E-state index contributed by atoms with van der Waals surface area (Å²) in [6.45, 7) is 0. The number of thiocarbonyl (C=S) groups is 1. The van der Waals surface area contributed by atoms with Gasteiger partial charge in [-0.2, -0.15) is 13.2 Å². The number of rotatable bonds is 6. The summed E-state index contributed by atoms with van der Waals surface area (Å²) >= 11 is 5.25. The van der Waals surface area contributed by atoms with Crippen molar-refractivity contribution in [2.75, 3.05) is 24.9 Å². The van der Waals surface area contributed by atoms with E-state index in [4.69, 9.17) is 26.4 Å². The Labute approximate surface area is 203 Å². The van der Waals surface area contributed by atoms with Crippen LogP contribution in [0.15, 0.2) is 67.0 Å². The van der Waals surface area contributed by atoms with Crippen molar-refractivity contribution >= 4 is 39.6 Å². The second-order valence-electron chi connectivity index (χ2n) is 7.19. The fourth-order valence-electron chi connectivity index (χ4n) is 3.26. The number of anilines is 2. The van der Waals surface area contributed by atoms with Crippen LogP contribution in [0.25, 0.3) is 10.9 Å². The van der Waals surface area contributed by atoms with Crippen LogP contribution in [-0.2, 0) is 6.18 Å². The minimum atomic E-state index is -4.45. The van der Waals surface area contributed by atoms with Gasteiger partial charge >= 0.3 is 6.18 Å². The molecular weight excluding hydrogens is 481 g/mol. The molecule has 0 bridgehead atoms. The fraction of sp³-hybridized carbons (Fsp3) is 0.125. The normalized spacial score (nSPS) is 11.1. The number of fused-ring (bicyclic) bond motifs is 1. The van der Waals surface area contributed by atoms with Gasteiger partial charge in [-0.3, -0.25) is 0 Å². The maximum atomic E-state index is 12.9. The average Bonchev–Trinajstić information content (AvgIpc) is 2.83. The van der Waals surface area contributed by atoms with E-state index in [9.17, 15) is 13.2 Å². The van der Waals surface area contributed by atoms with Gasteiger partial charge in [0.25, 0.3) is 0 Å². The predicted molar refractivity (Wildman–Crippen MR) is 130 cm³/mol. The highest BCUT2D eigenvalue weighted by Crippen LogP contribution is 2.36. The molecule has 0 spiro atoms. The van der Waals surface area contributed by atoms with Crippen molar-refractivity contribution < 1.29 is 27.4 Å². The van der Waals surface area contributed by atoms with Crippen LogP contribution in [-0.4, -0.2) is 29.3 Å². The summed E-state index contributed by atoms with van der Waals surface area (Å²) in [7, 11) is 3.06. The van der Waals surface area contributed by atoms with Crippen molar-refractivity contribution in [3.8, 4) is 23.1 Å². The second-order valence-corrected chi connectivity index (χ2v) is 7.60. The molecule has 3 aromatic carbocycles. The van der Waals surface area contributed by atoms with Gasteiger partial charge in [-0.1, -0.05) is 12.1 Å². The third-order valence-electron chi connectivity index (χ3n) is 4.86. The Morgan fingerprint density at radius 3 is 2.20 bits per heavy atom. The minimum Gasteiger partial charge on any atom is -0.493 e. The predicted octanol–water partition coefficient (Wildman–Crippen LogP) is 6.27. The first-order valence-electron chi connectivity index (χ1n) is 10.2. The van der Waals surface area contributed by atoms with Gasteiger partial charge in [0.15, 0.2) is 16.6 Å². The standard InChI is InChI=1S/C24H19F3N4O3S/c1-32-20-11-18-19(12-21(20)33-2)28-13-29-22(18)34-17-8-4-7-16(10-17)31-23(35)30-15-6-3-5-14(9-15)24(25,26)27/h3-13H,1-2H3,(H2,30,31,35). The number of ether oxygens (including phenoxy) is 3.